The lowest BCUT2D eigenvalue weighted by molar-refractivity contribution is -0.0394. The Hall–Kier alpha value is -0.500. The van der Waals surface area contributed by atoms with E-state index in [0.29, 0.717) is 6.61 Å². The zero-order valence-corrected chi connectivity index (χ0v) is 9.52. The highest BCUT2D eigenvalue weighted by molar-refractivity contribution is 4.72. The summed E-state index contributed by atoms with van der Waals surface area (Å²) in [6.45, 7) is 14.5. The van der Waals surface area contributed by atoms with Gasteiger partial charge in [0, 0.05) is 6.42 Å². The number of rotatable bonds is 5. The molecule has 0 aromatic carbocycles. The highest BCUT2D eigenvalue weighted by Gasteiger charge is 2.19. The SMILES string of the molecule is C=COC(C)(C)CCOC(C)(C)C. The first-order valence-electron chi connectivity index (χ1n) is 4.69. The zero-order valence-electron chi connectivity index (χ0n) is 9.52. The van der Waals surface area contributed by atoms with Gasteiger partial charge in [0.2, 0.25) is 0 Å². The standard InChI is InChI=1S/C11H22O2/c1-7-12-11(5,6)8-9-13-10(2,3)4/h7H,1,8-9H2,2-6H3. The highest BCUT2D eigenvalue weighted by Crippen LogP contribution is 2.16. The maximum atomic E-state index is 5.60. The van der Waals surface area contributed by atoms with Gasteiger partial charge in [-0.3, -0.25) is 0 Å². The third kappa shape index (κ3) is 7.85. The molecule has 0 saturated carbocycles. The molecule has 0 aromatic rings. The van der Waals surface area contributed by atoms with Crippen LogP contribution in [0.25, 0.3) is 0 Å². The predicted octanol–water partition coefficient (Wildman–Crippen LogP) is 3.13. The Morgan fingerprint density at radius 2 is 1.69 bits per heavy atom. The number of ether oxygens (including phenoxy) is 2. The molecule has 0 aromatic heterocycles. The molecular formula is C11H22O2. The van der Waals surface area contributed by atoms with Gasteiger partial charge in [0.1, 0.15) is 5.60 Å². The lowest BCUT2D eigenvalue weighted by atomic mass is 10.1. The van der Waals surface area contributed by atoms with Crippen LogP contribution in [0.1, 0.15) is 41.0 Å². The number of hydrogen-bond acceptors (Lipinski definition) is 2. The summed E-state index contributed by atoms with van der Waals surface area (Å²) in [5, 5.41) is 0. The molecule has 0 saturated heterocycles. The van der Waals surface area contributed by atoms with E-state index in [1.807, 2.05) is 34.6 Å². The molecule has 0 rings (SSSR count). The first kappa shape index (κ1) is 12.5. The predicted molar refractivity (Wildman–Crippen MR) is 55.7 cm³/mol. The molecule has 2 nitrogen and oxygen atoms in total. The molecule has 0 fully saturated rings. The summed E-state index contributed by atoms with van der Waals surface area (Å²) < 4.78 is 10.9. The van der Waals surface area contributed by atoms with Crippen LogP contribution in [0.2, 0.25) is 0 Å². The van der Waals surface area contributed by atoms with Gasteiger partial charge in [-0.1, -0.05) is 6.58 Å². The van der Waals surface area contributed by atoms with Crippen LogP contribution in [-0.2, 0) is 9.47 Å². The highest BCUT2D eigenvalue weighted by atomic mass is 16.5. The molecule has 0 unspecified atom stereocenters. The van der Waals surface area contributed by atoms with E-state index in [-0.39, 0.29) is 11.2 Å². The Balaban J connectivity index is 3.69. The molecule has 0 aliphatic carbocycles. The van der Waals surface area contributed by atoms with Crippen molar-refractivity contribution in [2.24, 2.45) is 0 Å². The molecule has 78 valence electrons. The summed E-state index contributed by atoms with van der Waals surface area (Å²) in [6.07, 6.45) is 2.35. The average Bonchev–Trinajstić information content (AvgIpc) is 1.82. The molecule has 13 heavy (non-hydrogen) atoms. The van der Waals surface area contributed by atoms with Crippen LogP contribution in [-0.4, -0.2) is 17.8 Å². The minimum atomic E-state index is -0.174. The lowest BCUT2D eigenvalue weighted by Crippen LogP contribution is -2.27. The van der Waals surface area contributed by atoms with E-state index in [2.05, 4.69) is 6.58 Å². The molecule has 0 bridgehead atoms. The summed E-state index contributed by atoms with van der Waals surface area (Å²) in [5.74, 6) is 0. The normalized spacial score (nSPS) is 12.7. The summed E-state index contributed by atoms with van der Waals surface area (Å²) in [5.41, 5.74) is -0.239. The molecule has 0 spiro atoms. The Kier molecular flexibility index (Phi) is 4.48. The van der Waals surface area contributed by atoms with E-state index in [1.165, 1.54) is 6.26 Å². The second kappa shape index (κ2) is 4.66. The molecule has 0 aliphatic heterocycles. The van der Waals surface area contributed by atoms with Crippen LogP contribution in [0.3, 0.4) is 0 Å². The lowest BCUT2D eigenvalue weighted by Gasteiger charge is -2.26. The van der Waals surface area contributed by atoms with Gasteiger partial charge < -0.3 is 9.47 Å². The zero-order chi connectivity index (χ0) is 10.5. The van der Waals surface area contributed by atoms with Crippen molar-refractivity contribution in [3.8, 4) is 0 Å². The summed E-state index contributed by atoms with van der Waals surface area (Å²) in [7, 11) is 0. The molecule has 0 N–H and O–H groups in total. The van der Waals surface area contributed by atoms with Gasteiger partial charge in [-0.25, -0.2) is 0 Å². The quantitative estimate of drug-likeness (QED) is 0.614. The first-order chi connectivity index (χ1) is 5.77. The van der Waals surface area contributed by atoms with E-state index < -0.39 is 0 Å². The van der Waals surface area contributed by atoms with Gasteiger partial charge in [0.15, 0.2) is 0 Å². The van der Waals surface area contributed by atoms with Crippen LogP contribution in [0, 0.1) is 0 Å². The molecular weight excluding hydrogens is 164 g/mol. The van der Waals surface area contributed by atoms with Crippen LogP contribution in [0.5, 0.6) is 0 Å². The third-order valence-electron chi connectivity index (χ3n) is 1.64. The van der Waals surface area contributed by atoms with E-state index in [0.717, 1.165) is 6.42 Å². The summed E-state index contributed by atoms with van der Waals surface area (Å²) in [6, 6.07) is 0. The smallest absolute Gasteiger partial charge is 0.105 e. The fourth-order valence-corrected chi connectivity index (χ4v) is 0.888. The first-order valence-corrected chi connectivity index (χ1v) is 4.69. The minimum Gasteiger partial charge on any atom is -0.496 e. The van der Waals surface area contributed by atoms with Gasteiger partial charge in [0.05, 0.1) is 18.5 Å². The van der Waals surface area contributed by atoms with Gasteiger partial charge in [-0.05, 0) is 34.6 Å². The Morgan fingerprint density at radius 1 is 1.15 bits per heavy atom. The van der Waals surface area contributed by atoms with Gasteiger partial charge in [0.25, 0.3) is 0 Å². The molecule has 0 amide bonds. The second-order valence-corrected chi connectivity index (χ2v) is 4.76. The fourth-order valence-electron chi connectivity index (χ4n) is 0.888. The Morgan fingerprint density at radius 3 is 2.08 bits per heavy atom. The van der Waals surface area contributed by atoms with Gasteiger partial charge >= 0.3 is 0 Å². The molecule has 0 radical (unpaired) electrons. The van der Waals surface area contributed by atoms with Crippen molar-refractivity contribution < 1.29 is 9.47 Å². The van der Waals surface area contributed by atoms with Crippen molar-refractivity contribution in [1.82, 2.24) is 0 Å². The van der Waals surface area contributed by atoms with Crippen molar-refractivity contribution in [2.45, 2.75) is 52.2 Å². The van der Waals surface area contributed by atoms with E-state index in [1.54, 1.807) is 0 Å². The molecule has 0 heterocycles. The third-order valence-corrected chi connectivity index (χ3v) is 1.64. The summed E-state index contributed by atoms with van der Waals surface area (Å²) in [4.78, 5) is 0. The summed E-state index contributed by atoms with van der Waals surface area (Å²) >= 11 is 0. The average molecular weight is 186 g/mol. The van der Waals surface area contributed by atoms with Crippen molar-refractivity contribution in [2.75, 3.05) is 6.61 Å². The van der Waals surface area contributed by atoms with E-state index in [4.69, 9.17) is 9.47 Å². The maximum Gasteiger partial charge on any atom is 0.105 e. The van der Waals surface area contributed by atoms with E-state index in [9.17, 15) is 0 Å². The molecule has 0 aliphatic rings. The van der Waals surface area contributed by atoms with Gasteiger partial charge in [-0.2, -0.15) is 0 Å². The minimum absolute atomic E-state index is 0.0652. The van der Waals surface area contributed by atoms with Crippen LogP contribution < -0.4 is 0 Å². The van der Waals surface area contributed by atoms with Crippen molar-refractivity contribution >= 4 is 0 Å². The fraction of sp³-hybridized carbons (Fsp3) is 0.818. The monoisotopic (exact) mass is 186 g/mol. The Bertz CT molecular complexity index is 154. The molecule has 2 heteroatoms. The van der Waals surface area contributed by atoms with E-state index >= 15 is 0 Å². The van der Waals surface area contributed by atoms with Crippen molar-refractivity contribution in [3.05, 3.63) is 12.8 Å². The van der Waals surface area contributed by atoms with Gasteiger partial charge in [-0.15, -0.1) is 0 Å². The van der Waals surface area contributed by atoms with Crippen molar-refractivity contribution in [1.29, 1.82) is 0 Å². The Labute approximate surface area is 81.9 Å². The maximum absolute atomic E-state index is 5.60. The van der Waals surface area contributed by atoms with Crippen molar-refractivity contribution in [3.63, 3.8) is 0 Å². The largest absolute Gasteiger partial charge is 0.496 e. The topological polar surface area (TPSA) is 18.5 Å². The second-order valence-electron chi connectivity index (χ2n) is 4.76. The van der Waals surface area contributed by atoms with Crippen LogP contribution in [0.15, 0.2) is 12.8 Å². The molecule has 0 atom stereocenters. The van der Waals surface area contributed by atoms with Crippen LogP contribution in [0.4, 0.5) is 0 Å². The number of hydrogen-bond donors (Lipinski definition) is 0. The van der Waals surface area contributed by atoms with Crippen LogP contribution >= 0.6 is 0 Å².